The molecule has 0 fully saturated rings. The molecule has 15 rings (SSSR count). The van der Waals surface area contributed by atoms with Gasteiger partial charge in [-0.25, -0.2) is 0 Å². The van der Waals surface area contributed by atoms with Crippen LogP contribution in [0, 0.1) is 6.92 Å². The largest absolute Gasteiger partial charge is 0.355 e. The van der Waals surface area contributed by atoms with Crippen LogP contribution in [0.3, 0.4) is 0 Å². The van der Waals surface area contributed by atoms with Crippen LogP contribution in [0.2, 0.25) is 0 Å². The van der Waals surface area contributed by atoms with Crippen LogP contribution >= 0.6 is 0 Å². The van der Waals surface area contributed by atoms with Crippen LogP contribution in [0.1, 0.15) is 109 Å². The van der Waals surface area contributed by atoms with E-state index >= 15 is 0 Å². The van der Waals surface area contributed by atoms with Gasteiger partial charge >= 0.3 is 0 Å². The predicted octanol–water partition coefficient (Wildman–Crippen LogP) is 20.9. The van der Waals surface area contributed by atoms with Gasteiger partial charge in [0.1, 0.15) is 0 Å². The summed E-state index contributed by atoms with van der Waals surface area (Å²) in [5, 5.41) is 9.12. The molecular formula is C81H74BN4. The number of hydrogen-bond acceptors (Lipinski definition) is 3. The van der Waals surface area contributed by atoms with Crippen LogP contribution in [0.25, 0.3) is 60.5 Å². The first kappa shape index (κ1) is 53.7. The van der Waals surface area contributed by atoms with Crippen molar-refractivity contribution in [3.63, 3.8) is 0 Å². The quantitative estimate of drug-likeness (QED) is 0.138. The second-order valence-electron chi connectivity index (χ2n) is 27.4. The van der Waals surface area contributed by atoms with Crippen LogP contribution in [0.15, 0.2) is 231 Å². The number of rotatable bonds is 10. The summed E-state index contributed by atoms with van der Waals surface area (Å²) in [6, 6.07) is 86.6. The second-order valence-corrected chi connectivity index (χ2v) is 27.4. The predicted molar refractivity (Wildman–Crippen MR) is 369 cm³/mol. The zero-order chi connectivity index (χ0) is 58.9. The van der Waals surface area contributed by atoms with Gasteiger partial charge in [0.15, 0.2) is 7.28 Å². The van der Waals surface area contributed by atoms with Gasteiger partial charge < -0.3 is 19.7 Å². The lowest BCUT2D eigenvalue weighted by atomic mass is 9.55. The zero-order valence-corrected chi connectivity index (χ0v) is 51.2. The number of hydrogen-bond donors (Lipinski definition) is 1. The monoisotopic (exact) mass is 1110 g/mol. The molecule has 421 valence electrons. The number of nitrogens with one attached hydrogen (secondary N) is 1. The molecule has 3 aliphatic rings. The first-order valence-electron chi connectivity index (χ1n) is 31.1. The zero-order valence-electron chi connectivity index (χ0n) is 51.2. The van der Waals surface area contributed by atoms with Gasteiger partial charge in [0, 0.05) is 61.8 Å². The van der Waals surface area contributed by atoms with E-state index in [1.54, 1.807) is 0 Å². The van der Waals surface area contributed by atoms with Crippen LogP contribution < -0.4 is 26.0 Å². The summed E-state index contributed by atoms with van der Waals surface area (Å²) in [6.07, 6.45) is 4.57. The lowest BCUT2D eigenvalue weighted by molar-refractivity contribution is 0.332. The number of fused-ring (bicyclic) bond motifs is 8. The van der Waals surface area contributed by atoms with Gasteiger partial charge in [-0.05, 0) is 212 Å². The van der Waals surface area contributed by atoms with E-state index in [1.165, 1.54) is 88.1 Å². The van der Waals surface area contributed by atoms with Crippen molar-refractivity contribution in [2.24, 2.45) is 0 Å². The Morgan fingerprint density at radius 2 is 0.965 bits per heavy atom. The van der Waals surface area contributed by atoms with Gasteiger partial charge in [-0.1, -0.05) is 194 Å². The highest BCUT2D eigenvalue weighted by Gasteiger charge is 2.41. The molecule has 0 atom stereocenters. The molecule has 2 heterocycles. The van der Waals surface area contributed by atoms with Gasteiger partial charge in [0.05, 0.1) is 16.7 Å². The number of aryl methyl sites for hydroxylation is 1. The third-order valence-corrected chi connectivity index (χ3v) is 20.0. The van der Waals surface area contributed by atoms with Crippen molar-refractivity contribution < 1.29 is 0 Å². The van der Waals surface area contributed by atoms with E-state index < -0.39 is 0 Å². The molecule has 2 aliphatic carbocycles. The summed E-state index contributed by atoms with van der Waals surface area (Å²) in [6.45, 7) is 21.8. The van der Waals surface area contributed by atoms with Crippen molar-refractivity contribution in [1.29, 1.82) is 0 Å². The number of benzene rings is 11. The Balaban J connectivity index is 1.08. The number of anilines is 8. The fourth-order valence-corrected chi connectivity index (χ4v) is 14.9. The highest BCUT2D eigenvalue weighted by atomic mass is 15.2. The summed E-state index contributed by atoms with van der Waals surface area (Å²) in [7, 11) is 2.56. The SMILES string of the molecule is Cc1ccccc1-c1cccc(N(c2ccccc2)c2cc(-c3ccc(N(c4ccccc4)c4ccccc4)cc3Nc3ccc4c(c3)C(C)(C)CCC4(C)C)c3c4c2c2cc5ccccc5cc2n4-c2cc4c(cc2[B]3)C(C)(C)CCC4(C)C)c1. The Hall–Kier alpha value is -9.06. The van der Waals surface area contributed by atoms with Crippen molar-refractivity contribution in [2.75, 3.05) is 15.1 Å². The smallest absolute Gasteiger partial charge is 0.197 e. The van der Waals surface area contributed by atoms with Crippen LogP contribution in [-0.2, 0) is 21.7 Å². The molecule has 0 saturated carbocycles. The third-order valence-electron chi connectivity index (χ3n) is 20.0. The lowest BCUT2D eigenvalue weighted by Gasteiger charge is -2.43. The van der Waals surface area contributed by atoms with Gasteiger partial charge in [0.25, 0.3) is 0 Å². The molecule has 1 aromatic heterocycles. The summed E-state index contributed by atoms with van der Waals surface area (Å²) in [5.74, 6) is 0. The average molecular weight is 1110 g/mol. The third kappa shape index (κ3) is 8.87. The van der Waals surface area contributed by atoms with Gasteiger partial charge in [0.2, 0.25) is 0 Å². The van der Waals surface area contributed by atoms with E-state index in [0.717, 1.165) is 82.3 Å². The van der Waals surface area contributed by atoms with Gasteiger partial charge in [-0.3, -0.25) is 0 Å². The molecule has 1 aliphatic heterocycles. The normalized spacial score (nSPS) is 15.8. The Bertz CT molecular complexity index is 4620. The van der Waals surface area contributed by atoms with Gasteiger partial charge in [-0.2, -0.15) is 0 Å². The maximum Gasteiger partial charge on any atom is 0.197 e. The minimum absolute atomic E-state index is 0.00548. The molecule has 0 saturated heterocycles. The lowest BCUT2D eigenvalue weighted by Crippen LogP contribution is -2.41. The van der Waals surface area contributed by atoms with E-state index in [1.807, 2.05) is 0 Å². The number of para-hydroxylation sites is 3. The summed E-state index contributed by atoms with van der Waals surface area (Å²) in [4.78, 5) is 4.93. The fraction of sp³-hybridized carbons (Fsp3) is 0.210. The van der Waals surface area contributed by atoms with E-state index in [0.29, 0.717) is 0 Å². The van der Waals surface area contributed by atoms with Crippen LogP contribution in [0.4, 0.5) is 45.5 Å². The molecular weight excluding hydrogens is 1040 g/mol. The maximum atomic E-state index is 4.23. The van der Waals surface area contributed by atoms with Crippen molar-refractivity contribution in [3.05, 3.63) is 258 Å². The van der Waals surface area contributed by atoms with Crippen LogP contribution in [-0.4, -0.2) is 11.8 Å². The Labute approximate surface area is 509 Å². The van der Waals surface area contributed by atoms with E-state index in [-0.39, 0.29) is 21.7 Å². The summed E-state index contributed by atoms with van der Waals surface area (Å²) in [5.41, 5.74) is 26.6. The minimum Gasteiger partial charge on any atom is -0.355 e. The van der Waals surface area contributed by atoms with E-state index in [9.17, 15) is 0 Å². The van der Waals surface area contributed by atoms with Crippen molar-refractivity contribution in [1.82, 2.24) is 4.57 Å². The molecule has 12 aromatic rings. The molecule has 0 amide bonds. The topological polar surface area (TPSA) is 23.4 Å². The van der Waals surface area contributed by atoms with E-state index in [2.05, 4.69) is 320 Å². The second kappa shape index (κ2) is 20.0. The summed E-state index contributed by atoms with van der Waals surface area (Å²) < 4.78 is 2.67. The first-order chi connectivity index (χ1) is 41.5. The summed E-state index contributed by atoms with van der Waals surface area (Å²) >= 11 is 0. The molecule has 86 heavy (non-hydrogen) atoms. The molecule has 4 nitrogen and oxygen atoms in total. The van der Waals surface area contributed by atoms with Crippen molar-refractivity contribution in [2.45, 2.75) is 110 Å². The molecule has 5 heteroatoms. The molecule has 0 unspecified atom stereocenters. The highest BCUT2D eigenvalue weighted by Crippen LogP contribution is 2.52. The standard InChI is InChI=1S/C81H74BN4/c1-52-24-19-22-35-62(52)55-27-23-34-60(44-55)85(59-32-17-12-18-33-59)74-49-64(76-77-75(74)65-45-53-25-20-21-26-54(53)46-72(65)86(77)73-51-69-68(50-70(73)82-76)80(6,7)42-43-81(69,8)9)63-38-37-61(84(57-28-13-10-14-29-57)58-30-15-11-16-31-58)48-71(63)83-56-36-39-66-67(47-56)79(4,5)41-40-78(66,2)3/h10-39,44-51,83H,40-43H2,1-9H3. The molecule has 11 aromatic carbocycles. The van der Waals surface area contributed by atoms with E-state index in [4.69, 9.17) is 0 Å². The number of aromatic nitrogens is 1. The molecule has 1 radical (unpaired) electrons. The number of nitrogens with zero attached hydrogens (tertiary/aromatic N) is 3. The Morgan fingerprint density at radius 1 is 0.419 bits per heavy atom. The van der Waals surface area contributed by atoms with Crippen molar-refractivity contribution >= 4 is 96.3 Å². The van der Waals surface area contributed by atoms with Crippen molar-refractivity contribution in [3.8, 4) is 27.9 Å². The molecule has 1 N–H and O–H groups in total. The fourth-order valence-electron chi connectivity index (χ4n) is 14.9. The van der Waals surface area contributed by atoms with Gasteiger partial charge in [-0.15, -0.1) is 0 Å². The highest BCUT2D eigenvalue weighted by molar-refractivity contribution is 6.73. The Morgan fingerprint density at radius 3 is 1.62 bits per heavy atom. The molecule has 0 spiro atoms. The average Bonchev–Trinajstić information content (AvgIpc) is 1.48. The Kier molecular flexibility index (Phi) is 12.5. The first-order valence-corrected chi connectivity index (χ1v) is 31.1. The minimum atomic E-state index is 0.00548. The van der Waals surface area contributed by atoms with Crippen LogP contribution in [0.5, 0.6) is 0 Å². The maximum absolute atomic E-state index is 4.23. The molecule has 0 bridgehead atoms.